The van der Waals surface area contributed by atoms with Crippen molar-refractivity contribution in [3.8, 4) is 11.5 Å². The van der Waals surface area contributed by atoms with Crippen LogP contribution >= 0.6 is 0 Å². The number of hydrogen-bond donors (Lipinski definition) is 3. The lowest BCUT2D eigenvalue weighted by atomic mass is 10.0. The van der Waals surface area contributed by atoms with Gasteiger partial charge in [0.2, 0.25) is 5.91 Å². The van der Waals surface area contributed by atoms with E-state index in [4.69, 9.17) is 9.47 Å². The highest BCUT2D eigenvalue weighted by Crippen LogP contribution is 2.34. The Hall–Kier alpha value is -5.13. The van der Waals surface area contributed by atoms with Gasteiger partial charge in [-0.1, -0.05) is 12.1 Å². The Labute approximate surface area is 259 Å². The van der Waals surface area contributed by atoms with Gasteiger partial charge >= 0.3 is 5.97 Å². The zero-order chi connectivity index (χ0) is 32.1. The van der Waals surface area contributed by atoms with Crippen LogP contribution in [0.25, 0.3) is 0 Å². The van der Waals surface area contributed by atoms with E-state index in [-0.39, 0.29) is 17.4 Å². The first kappa shape index (κ1) is 31.3. The summed E-state index contributed by atoms with van der Waals surface area (Å²) in [6.45, 7) is 2.15. The summed E-state index contributed by atoms with van der Waals surface area (Å²) in [7, 11) is 2.96. The summed E-state index contributed by atoms with van der Waals surface area (Å²) >= 11 is 0. The molecular weight excluding hydrogens is 583 g/mol. The lowest BCUT2D eigenvalue weighted by Crippen LogP contribution is -2.49. The number of hydrogen-bond acceptors (Lipinski definition) is 7. The van der Waals surface area contributed by atoms with Crippen LogP contribution in [0.1, 0.15) is 51.6 Å². The molecule has 236 valence electrons. The van der Waals surface area contributed by atoms with Crippen molar-refractivity contribution in [1.82, 2.24) is 10.2 Å². The number of nitrogens with one attached hydrogen (secondary N) is 2. The summed E-state index contributed by atoms with van der Waals surface area (Å²) in [6, 6.07) is 13.9. The number of benzene rings is 3. The number of rotatable bonds is 11. The molecule has 2 fully saturated rings. The number of ether oxygens (including phenoxy) is 2. The van der Waals surface area contributed by atoms with Crippen LogP contribution < -0.4 is 25.0 Å². The van der Waals surface area contributed by atoms with Crippen LogP contribution in [0.4, 0.5) is 15.8 Å². The average molecular weight is 619 g/mol. The highest BCUT2D eigenvalue weighted by atomic mass is 19.1. The van der Waals surface area contributed by atoms with Gasteiger partial charge < -0.3 is 35.0 Å². The molecule has 5 rings (SSSR count). The van der Waals surface area contributed by atoms with Gasteiger partial charge in [0.1, 0.15) is 5.82 Å². The van der Waals surface area contributed by atoms with E-state index in [1.54, 1.807) is 30.3 Å². The first-order valence-electron chi connectivity index (χ1n) is 14.7. The second-order valence-electron chi connectivity index (χ2n) is 11.0. The monoisotopic (exact) mass is 618 g/mol. The van der Waals surface area contributed by atoms with Gasteiger partial charge in [-0.05, 0) is 66.9 Å². The first-order chi connectivity index (χ1) is 21.7. The van der Waals surface area contributed by atoms with Crippen molar-refractivity contribution >= 4 is 35.1 Å². The van der Waals surface area contributed by atoms with E-state index in [0.717, 1.165) is 12.8 Å². The summed E-state index contributed by atoms with van der Waals surface area (Å²) < 4.78 is 24.1. The molecule has 3 amide bonds. The van der Waals surface area contributed by atoms with E-state index in [9.17, 15) is 28.7 Å². The second-order valence-corrected chi connectivity index (χ2v) is 11.0. The van der Waals surface area contributed by atoms with Gasteiger partial charge in [0, 0.05) is 43.2 Å². The molecule has 2 aliphatic rings. The van der Waals surface area contributed by atoms with Crippen molar-refractivity contribution in [1.29, 1.82) is 0 Å². The molecule has 0 bridgehead atoms. The predicted octanol–water partition coefficient (Wildman–Crippen LogP) is 4.10. The van der Waals surface area contributed by atoms with Crippen LogP contribution in [0.5, 0.6) is 11.5 Å². The van der Waals surface area contributed by atoms with Crippen molar-refractivity contribution in [3.63, 3.8) is 0 Å². The number of halogens is 1. The number of carboxylic acid groups (broad SMARTS) is 1. The Balaban J connectivity index is 1.41. The molecular formula is C33H35FN4O7. The topological polar surface area (TPSA) is 138 Å². The Bertz CT molecular complexity index is 1580. The fourth-order valence-electron chi connectivity index (χ4n) is 5.34. The highest BCUT2D eigenvalue weighted by Gasteiger charge is 2.35. The van der Waals surface area contributed by atoms with Crippen LogP contribution in [-0.2, 0) is 9.59 Å². The standard InChI is InChI=1S/C33H35FN4O7/c1-44-28-12-8-23(18-29(28)45-2)32(42)36-26-17-22(31(41)35-25(19-30(39)40)20-5-9-24(34)10-6-20)7-11-27(26)37-13-15-38(16-14-37)33(43)21-3-4-21/h5-12,17-18,21,25H,3-4,13-16,19H2,1-2H3,(H,35,41)(H,36,42)(H,39,40). The quantitative estimate of drug-likeness (QED) is 0.292. The van der Waals surface area contributed by atoms with Gasteiger partial charge in [-0.15, -0.1) is 0 Å². The number of amides is 3. The number of carbonyl (C=O) groups is 4. The van der Waals surface area contributed by atoms with Crippen LogP contribution in [0.2, 0.25) is 0 Å². The van der Waals surface area contributed by atoms with E-state index >= 15 is 0 Å². The van der Waals surface area contributed by atoms with Crippen LogP contribution in [0, 0.1) is 11.7 Å². The zero-order valence-corrected chi connectivity index (χ0v) is 25.0. The number of carbonyl (C=O) groups excluding carboxylic acids is 3. The second kappa shape index (κ2) is 13.7. The molecule has 1 atom stereocenters. The lowest BCUT2D eigenvalue weighted by Gasteiger charge is -2.37. The van der Waals surface area contributed by atoms with Gasteiger partial charge in [0.05, 0.1) is 38.1 Å². The average Bonchev–Trinajstić information content (AvgIpc) is 3.90. The Kier molecular flexibility index (Phi) is 9.50. The molecule has 45 heavy (non-hydrogen) atoms. The van der Waals surface area contributed by atoms with E-state index in [1.165, 1.54) is 44.6 Å². The normalized spacial score (nSPS) is 15.2. The summed E-state index contributed by atoms with van der Waals surface area (Å²) in [5, 5.41) is 15.1. The fourth-order valence-corrected chi connectivity index (χ4v) is 5.34. The van der Waals surface area contributed by atoms with E-state index < -0.39 is 36.1 Å². The fraction of sp³-hybridized carbons (Fsp3) is 0.333. The summed E-state index contributed by atoms with van der Waals surface area (Å²) in [5.41, 5.74) is 1.94. The third-order valence-corrected chi connectivity index (χ3v) is 7.97. The molecule has 1 aliphatic heterocycles. The molecule has 12 heteroatoms. The molecule has 3 N–H and O–H groups in total. The molecule has 1 aliphatic carbocycles. The molecule has 0 aromatic heterocycles. The Morgan fingerprint density at radius 3 is 2.13 bits per heavy atom. The molecule has 1 saturated carbocycles. The SMILES string of the molecule is COc1ccc(C(=O)Nc2cc(C(=O)NC(CC(=O)O)c3ccc(F)cc3)ccc2N2CCN(C(=O)C3CC3)CC2)cc1OC. The van der Waals surface area contributed by atoms with Crippen molar-refractivity contribution < 1.29 is 38.1 Å². The van der Waals surface area contributed by atoms with E-state index in [2.05, 4.69) is 10.6 Å². The smallest absolute Gasteiger partial charge is 0.305 e. The van der Waals surface area contributed by atoms with Crippen molar-refractivity contribution in [2.75, 3.05) is 50.6 Å². The van der Waals surface area contributed by atoms with Crippen molar-refractivity contribution in [2.45, 2.75) is 25.3 Å². The van der Waals surface area contributed by atoms with Gasteiger partial charge in [-0.2, -0.15) is 0 Å². The predicted molar refractivity (Wildman–Crippen MR) is 164 cm³/mol. The van der Waals surface area contributed by atoms with E-state index in [0.29, 0.717) is 60.2 Å². The van der Waals surface area contributed by atoms with Crippen LogP contribution in [0.3, 0.4) is 0 Å². The number of piperazine rings is 1. The largest absolute Gasteiger partial charge is 0.493 e. The molecule has 3 aromatic rings. The highest BCUT2D eigenvalue weighted by molar-refractivity contribution is 6.07. The Morgan fingerprint density at radius 1 is 0.867 bits per heavy atom. The molecule has 1 unspecified atom stereocenters. The molecule has 3 aromatic carbocycles. The van der Waals surface area contributed by atoms with Gasteiger partial charge in [0.15, 0.2) is 11.5 Å². The summed E-state index contributed by atoms with van der Waals surface area (Å²) in [5.74, 6) is -1.49. The third kappa shape index (κ3) is 7.51. The van der Waals surface area contributed by atoms with Gasteiger partial charge in [-0.3, -0.25) is 19.2 Å². The minimum absolute atomic E-state index is 0.130. The first-order valence-corrected chi connectivity index (χ1v) is 14.7. The third-order valence-electron chi connectivity index (χ3n) is 7.97. The molecule has 0 radical (unpaired) electrons. The molecule has 0 spiro atoms. The maximum atomic E-state index is 13.5. The summed E-state index contributed by atoms with van der Waals surface area (Å²) in [4.78, 5) is 55.0. The molecule has 1 heterocycles. The lowest BCUT2D eigenvalue weighted by molar-refractivity contribution is -0.137. The minimum atomic E-state index is -1.14. The van der Waals surface area contributed by atoms with Gasteiger partial charge in [-0.25, -0.2) is 4.39 Å². The van der Waals surface area contributed by atoms with Crippen molar-refractivity contribution in [2.24, 2.45) is 5.92 Å². The van der Waals surface area contributed by atoms with Crippen molar-refractivity contribution in [3.05, 3.63) is 83.2 Å². The number of methoxy groups -OCH3 is 2. The number of nitrogens with zero attached hydrogens (tertiary/aromatic N) is 2. The Morgan fingerprint density at radius 2 is 1.51 bits per heavy atom. The number of carboxylic acids is 1. The van der Waals surface area contributed by atoms with Crippen LogP contribution in [-0.4, -0.2) is 74.1 Å². The van der Waals surface area contributed by atoms with E-state index in [1.807, 2.05) is 9.80 Å². The zero-order valence-electron chi connectivity index (χ0n) is 25.0. The number of anilines is 2. The summed E-state index contributed by atoms with van der Waals surface area (Å²) in [6.07, 6.45) is 1.45. The maximum absolute atomic E-state index is 13.5. The van der Waals surface area contributed by atoms with Crippen LogP contribution in [0.15, 0.2) is 60.7 Å². The number of aliphatic carboxylic acids is 1. The molecule has 11 nitrogen and oxygen atoms in total. The van der Waals surface area contributed by atoms with Gasteiger partial charge in [0.25, 0.3) is 11.8 Å². The molecule has 1 saturated heterocycles. The maximum Gasteiger partial charge on any atom is 0.305 e. The minimum Gasteiger partial charge on any atom is -0.493 e.